The van der Waals surface area contributed by atoms with Gasteiger partial charge in [0, 0.05) is 11.3 Å². The standard InChI is InChI=1S/C14H15NO3S2/c1-3-20(17,18)15-12-6-4-11(5-7-12)13(16)14-10(2)8-9-19-14/h4-9,15H,3H2,1-2H3. The van der Waals surface area contributed by atoms with Gasteiger partial charge in [-0.15, -0.1) is 11.3 Å². The molecule has 0 amide bonds. The summed E-state index contributed by atoms with van der Waals surface area (Å²) in [5.41, 5.74) is 1.97. The van der Waals surface area contributed by atoms with Crippen molar-refractivity contribution in [3.8, 4) is 0 Å². The fourth-order valence-electron chi connectivity index (χ4n) is 1.68. The fraction of sp³-hybridized carbons (Fsp3) is 0.214. The molecule has 4 nitrogen and oxygen atoms in total. The summed E-state index contributed by atoms with van der Waals surface area (Å²) in [6, 6.07) is 8.37. The molecular weight excluding hydrogens is 294 g/mol. The van der Waals surface area contributed by atoms with E-state index in [1.54, 1.807) is 31.2 Å². The van der Waals surface area contributed by atoms with E-state index in [1.165, 1.54) is 11.3 Å². The lowest BCUT2D eigenvalue weighted by atomic mass is 10.1. The quantitative estimate of drug-likeness (QED) is 0.863. The molecule has 0 saturated carbocycles. The number of carbonyl (C=O) groups excluding carboxylic acids is 1. The lowest BCUT2D eigenvalue weighted by Crippen LogP contribution is -2.14. The molecule has 0 saturated heterocycles. The summed E-state index contributed by atoms with van der Waals surface area (Å²) >= 11 is 1.41. The maximum atomic E-state index is 12.3. The highest BCUT2D eigenvalue weighted by atomic mass is 32.2. The summed E-state index contributed by atoms with van der Waals surface area (Å²) in [6.07, 6.45) is 0. The third kappa shape index (κ3) is 3.26. The summed E-state index contributed by atoms with van der Waals surface area (Å²) in [7, 11) is -3.29. The van der Waals surface area contributed by atoms with Gasteiger partial charge in [-0.05, 0) is 55.1 Å². The first-order valence-electron chi connectivity index (χ1n) is 6.12. The van der Waals surface area contributed by atoms with E-state index in [0.717, 1.165) is 5.56 Å². The molecule has 1 aromatic heterocycles. The molecule has 0 spiro atoms. The number of benzene rings is 1. The zero-order chi connectivity index (χ0) is 14.8. The lowest BCUT2D eigenvalue weighted by Gasteiger charge is -2.06. The largest absolute Gasteiger partial charge is 0.288 e. The van der Waals surface area contributed by atoms with Crippen molar-refractivity contribution in [2.75, 3.05) is 10.5 Å². The molecule has 106 valence electrons. The number of thiophene rings is 1. The molecule has 2 rings (SSSR count). The topological polar surface area (TPSA) is 63.2 Å². The molecule has 0 aliphatic rings. The first-order valence-corrected chi connectivity index (χ1v) is 8.65. The van der Waals surface area contributed by atoms with Crippen molar-refractivity contribution in [2.24, 2.45) is 0 Å². The fourth-order valence-corrected chi connectivity index (χ4v) is 3.20. The minimum atomic E-state index is -3.29. The highest BCUT2D eigenvalue weighted by molar-refractivity contribution is 7.92. The summed E-state index contributed by atoms with van der Waals surface area (Å²) < 4.78 is 25.3. The normalized spacial score (nSPS) is 11.3. The van der Waals surface area contributed by atoms with Crippen LogP contribution in [0.3, 0.4) is 0 Å². The van der Waals surface area contributed by atoms with Crippen LogP contribution in [-0.4, -0.2) is 20.0 Å². The summed E-state index contributed by atoms with van der Waals surface area (Å²) in [4.78, 5) is 13.0. The van der Waals surface area contributed by atoms with E-state index in [-0.39, 0.29) is 11.5 Å². The minimum Gasteiger partial charge on any atom is -0.288 e. The van der Waals surface area contributed by atoms with Gasteiger partial charge in [-0.3, -0.25) is 9.52 Å². The van der Waals surface area contributed by atoms with E-state index in [2.05, 4.69) is 4.72 Å². The number of anilines is 1. The van der Waals surface area contributed by atoms with Crippen LogP contribution in [0.25, 0.3) is 0 Å². The van der Waals surface area contributed by atoms with Gasteiger partial charge in [0.05, 0.1) is 10.6 Å². The second-order valence-corrected chi connectivity index (χ2v) is 7.27. The highest BCUT2D eigenvalue weighted by Gasteiger charge is 2.13. The predicted molar refractivity (Wildman–Crippen MR) is 82.0 cm³/mol. The SMILES string of the molecule is CCS(=O)(=O)Nc1ccc(C(=O)c2sccc2C)cc1. The van der Waals surface area contributed by atoms with Crippen molar-refractivity contribution in [1.29, 1.82) is 0 Å². The van der Waals surface area contributed by atoms with Gasteiger partial charge in [-0.1, -0.05) is 0 Å². The number of ketones is 1. The Kier molecular flexibility index (Phi) is 4.25. The van der Waals surface area contributed by atoms with Gasteiger partial charge in [0.2, 0.25) is 15.8 Å². The van der Waals surface area contributed by atoms with Crippen LogP contribution in [0.1, 0.15) is 27.7 Å². The Balaban J connectivity index is 2.21. The number of nitrogens with one attached hydrogen (secondary N) is 1. The maximum absolute atomic E-state index is 12.3. The number of carbonyl (C=O) groups is 1. The van der Waals surface area contributed by atoms with E-state index < -0.39 is 10.0 Å². The van der Waals surface area contributed by atoms with Crippen molar-refractivity contribution < 1.29 is 13.2 Å². The molecule has 0 atom stereocenters. The summed E-state index contributed by atoms with van der Waals surface area (Å²) in [5, 5.41) is 1.88. The molecule has 0 radical (unpaired) electrons. The summed E-state index contributed by atoms with van der Waals surface area (Å²) in [5.74, 6) is -0.0235. The van der Waals surface area contributed by atoms with Gasteiger partial charge >= 0.3 is 0 Å². The number of hydrogen-bond acceptors (Lipinski definition) is 4. The van der Waals surface area contributed by atoms with Crippen molar-refractivity contribution in [1.82, 2.24) is 0 Å². The Labute approximate surface area is 122 Å². The van der Waals surface area contributed by atoms with Crippen LogP contribution >= 0.6 is 11.3 Å². The second-order valence-electron chi connectivity index (χ2n) is 4.34. The van der Waals surface area contributed by atoms with Crippen LogP contribution in [-0.2, 0) is 10.0 Å². The molecule has 1 aromatic carbocycles. The third-order valence-corrected chi connectivity index (χ3v) is 5.19. The number of rotatable bonds is 5. The van der Waals surface area contributed by atoms with E-state index in [4.69, 9.17) is 0 Å². The van der Waals surface area contributed by atoms with E-state index >= 15 is 0 Å². The molecule has 0 aliphatic heterocycles. The number of sulfonamides is 1. The Morgan fingerprint density at radius 1 is 1.20 bits per heavy atom. The van der Waals surface area contributed by atoms with Crippen LogP contribution < -0.4 is 4.72 Å². The van der Waals surface area contributed by atoms with Crippen LogP contribution in [0.15, 0.2) is 35.7 Å². The third-order valence-electron chi connectivity index (χ3n) is 2.87. The number of hydrogen-bond donors (Lipinski definition) is 1. The molecule has 0 unspecified atom stereocenters. The van der Waals surface area contributed by atoms with Crippen LogP contribution in [0.2, 0.25) is 0 Å². The number of aryl methyl sites for hydroxylation is 1. The average molecular weight is 309 g/mol. The molecule has 2 aromatic rings. The Morgan fingerprint density at radius 3 is 2.35 bits per heavy atom. The Morgan fingerprint density at radius 2 is 1.85 bits per heavy atom. The van der Waals surface area contributed by atoms with Gasteiger partial charge in [0.15, 0.2) is 0 Å². The zero-order valence-corrected chi connectivity index (χ0v) is 12.8. The van der Waals surface area contributed by atoms with Crippen LogP contribution in [0.4, 0.5) is 5.69 Å². The van der Waals surface area contributed by atoms with Gasteiger partial charge in [0.1, 0.15) is 0 Å². The molecule has 0 bridgehead atoms. The lowest BCUT2D eigenvalue weighted by molar-refractivity contribution is 0.104. The van der Waals surface area contributed by atoms with Crippen molar-refractivity contribution in [2.45, 2.75) is 13.8 Å². The van der Waals surface area contributed by atoms with Gasteiger partial charge in [0.25, 0.3) is 0 Å². The Hall–Kier alpha value is -1.66. The molecule has 20 heavy (non-hydrogen) atoms. The minimum absolute atomic E-state index is 0.0159. The molecule has 0 aliphatic carbocycles. The monoisotopic (exact) mass is 309 g/mol. The molecule has 1 N–H and O–H groups in total. The van der Waals surface area contributed by atoms with Gasteiger partial charge in [-0.2, -0.15) is 0 Å². The molecule has 6 heteroatoms. The Bertz CT molecular complexity index is 715. The zero-order valence-electron chi connectivity index (χ0n) is 11.2. The average Bonchev–Trinajstić information content (AvgIpc) is 2.85. The summed E-state index contributed by atoms with van der Waals surface area (Å²) in [6.45, 7) is 3.47. The van der Waals surface area contributed by atoms with Crippen LogP contribution in [0, 0.1) is 6.92 Å². The highest BCUT2D eigenvalue weighted by Crippen LogP contribution is 2.21. The smallest absolute Gasteiger partial charge is 0.232 e. The van der Waals surface area contributed by atoms with E-state index in [0.29, 0.717) is 16.1 Å². The predicted octanol–water partition coefficient (Wildman–Crippen LogP) is 3.05. The van der Waals surface area contributed by atoms with Crippen molar-refractivity contribution in [3.05, 3.63) is 51.7 Å². The van der Waals surface area contributed by atoms with E-state index in [9.17, 15) is 13.2 Å². The van der Waals surface area contributed by atoms with Crippen LogP contribution in [0.5, 0.6) is 0 Å². The molecular formula is C14H15NO3S2. The van der Waals surface area contributed by atoms with Gasteiger partial charge in [-0.25, -0.2) is 8.42 Å². The first kappa shape index (κ1) is 14.7. The van der Waals surface area contributed by atoms with Crippen molar-refractivity contribution in [3.63, 3.8) is 0 Å². The maximum Gasteiger partial charge on any atom is 0.232 e. The molecule has 1 heterocycles. The second kappa shape index (κ2) is 5.76. The molecule has 0 fully saturated rings. The van der Waals surface area contributed by atoms with E-state index in [1.807, 2.05) is 18.4 Å². The van der Waals surface area contributed by atoms with Gasteiger partial charge < -0.3 is 0 Å². The van der Waals surface area contributed by atoms with Crippen molar-refractivity contribution >= 4 is 32.8 Å². The first-order chi connectivity index (χ1) is 9.43.